The molecule has 1 fully saturated rings. The number of carbonyl (C=O) groups is 1. The zero-order valence-electron chi connectivity index (χ0n) is 13.9. The van der Waals surface area contributed by atoms with Crippen molar-refractivity contribution in [3.05, 3.63) is 42.0 Å². The fraction of sp³-hybridized carbons (Fsp3) is 0.444. The molecule has 1 aliphatic rings. The van der Waals surface area contributed by atoms with E-state index < -0.39 is 0 Å². The van der Waals surface area contributed by atoms with E-state index in [-0.39, 0.29) is 18.6 Å². The number of amides is 1. The lowest BCUT2D eigenvalue weighted by Gasteiger charge is -2.35. The molecule has 0 aromatic carbocycles. The van der Waals surface area contributed by atoms with Crippen molar-refractivity contribution in [3.8, 4) is 11.4 Å². The fourth-order valence-corrected chi connectivity index (χ4v) is 3.19. The molecule has 1 atom stereocenters. The molecule has 2 aromatic heterocycles. The van der Waals surface area contributed by atoms with E-state index in [9.17, 15) is 9.90 Å². The van der Waals surface area contributed by atoms with Crippen LogP contribution in [0.3, 0.4) is 0 Å². The molecule has 0 bridgehead atoms. The first-order chi connectivity index (χ1) is 11.7. The zero-order valence-corrected chi connectivity index (χ0v) is 13.9. The van der Waals surface area contributed by atoms with Gasteiger partial charge in [0.1, 0.15) is 5.69 Å². The van der Waals surface area contributed by atoms with E-state index in [0.29, 0.717) is 30.0 Å². The molecule has 1 unspecified atom stereocenters. The van der Waals surface area contributed by atoms with Crippen molar-refractivity contribution in [1.82, 2.24) is 19.9 Å². The molecule has 3 heterocycles. The summed E-state index contributed by atoms with van der Waals surface area (Å²) in [5.41, 5.74) is 1.83. The lowest BCUT2D eigenvalue weighted by molar-refractivity contribution is 0.0569. The lowest BCUT2D eigenvalue weighted by atomic mass is 9.98. The number of hydrogen-bond acceptors (Lipinski definition) is 5. The van der Waals surface area contributed by atoms with Crippen molar-refractivity contribution in [2.45, 2.75) is 38.6 Å². The molecule has 0 radical (unpaired) electrons. The van der Waals surface area contributed by atoms with Crippen LogP contribution >= 0.6 is 0 Å². The zero-order chi connectivity index (χ0) is 16.9. The number of hydrogen-bond donors (Lipinski definition) is 1. The van der Waals surface area contributed by atoms with E-state index in [4.69, 9.17) is 0 Å². The summed E-state index contributed by atoms with van der Waals surface area (Å²) in [6.45, 7) is 2.66. The van der Waals surface area contributed by atoms with Crippen LogP contribution in [0.4, 0.5) is 0 Å². The van der Waals surface area contributed by atoms with Crippen LogP contribution in [-0.4, -0.2) is 50.1 Å². The van der Waals surface area contributed by atoms with Crippen LogP contribution < -0.4 is 0 Å². The molecule has 0 aliphatic carbocycles. The maximum Gasteiger partial charge on any atom is 0.273 e. The van der Waals surface area contributed by atoms with Gasteiger partial charge in [0.2, 0.25) is 0 Å². The second kappa shape index (κ2) is 7.49. The minimum Gasteiger partial charge on any atom is -0.396 e. The lowest BCUT2D eigenvalue weighted by Crippen LogP contribution is -2.44. The maximum atomic E-state index is 13.2. The van der Waals surface area contributed by atoms with Crippen molar-refractivity contribution in [2.75, 3.05) is 13.2 Å². The number of aliphatic hydroxyl groups is 1. The third-order valence-electron chi connectivity index (χ3n) is 4.39. The Kier molecular flexibility index (Phi) is 5.15. The largest absolute Gasteiger partial charge is 0.396 e. The van der Waals surface area contributed by atoms with Crippen molar-refractivity contribution >= 4 is 5.91 Å². The monoisotopic (exact) mass is 326 g/mol. The summed E-state index contributed by atoms with van der Waals surface area (Å²) in [5, 5.41) is 9.29. The molecule has 0 spiro atoms. The summed E-state index contributed by atoms with van der Waals surface area (Å²) in [7, 11) is 0. The van der Waals surface area contributed by atoms with Crippen molar-refractivity contribution in [2.24, 2.45) is 0 Å². The first kappa shape index (κ1) is 16.5. The molecule has 1 amide bonds. The number of pyridine rings is 1. The van der Waals surface area contributed by atoms with E-state index in [2.05, 4.69) is 15.0 Å². The van der Waals surface area contributed by atoms with Gasteiger partial charge in [-0.1, -0.05) is 0 Å². The number of aryl methyl sites for hydroxylation is 1. The van der Waals surface area contributed by atoms with E-state index in [1.165, 1.54) is 0 Å². The summed E-state index contributed by atoms with van der Waals surface area (Å²) >= 11 is 0. The summed E-state index contributed by atoms with van der Waals surface area (Å²) in [6.07, 6.45) is 6.92. The average Bonchev–Trinajstić information content (AvgIpc) is 2.62. The van der Waals surface area contributed by atoms with Gasteiger partial charge in [0, 0.05) is 37.3 Å². The Morgan fingerprint density at radius 2 is 2.08 bits per heavy atom. The number of piperidine rings is 1. The van der Waals surface area contributed by atoms with Gasteiger partial charge in [-0.25, -0.2) is 15.0 Å². The van der Waals surface area contributed by atoms with Gasteiger partial charge < -0.3 is 10.0 Å². The Morgan fingerprint density at radius 3 is 2.83 bits per heavy atom. The molecule has 126 valence electrons. The molecule has 3 rings (SSSR count). The van der Waals surface area contributed by atoms with Crippen LogP contribution in [0, 0.1) is 6.92 Å². The molecule has 6 nitrogen and oxygen atoms in total. The number of carbonyl (C=O) groups excluding carboxylic acids is 1. The van der Waals surface area contributed by atoms with Gasteiger partial charge in [0.05, 0.1) is 5.56 Å². The van der Waals surface area contributed by atoms with E-state index in [1.807, 2.05) is 24.0 Å². The Balaban J connectivity index is 1.98. The third-order valence-corrected chi connectivity index (χ3v) is 4.39. The Bertz CT molecular complexity index is 703. The molecule has 0 saturated carbocycles. The van der Waals surface area contributed by atoms with Gasteiger partial charge in [-0.15, -0.1) is 0 Å². The predicted molar refractivity (Wildman–Crippen MR) is 90.4 cm³/mol. The second-order valence-electron chi connectivity index (χ2n) is 6.08. The number of aliphatic hydroxyl groups excluding tert-OH is 1. The number of aromatic nitrogens is 3. The minimum atomic E-state index is -0.0979. The molecular formula is C18H22N4O2. The molecule has 6 heteroatoms. The average molecular weight is 326 g/mol. The van der Waals surface area contributed by atoms with Crippen molar-refractivity contribution in [3.63, 3.8) is 0 Å². The Hall–Kier alpha value is -2.34. The molecule has 2 aromatic rings. The summed E-state index contributed by atoms with van der Waals surface area (Å²) in [4.78, 5) is 28.0. The normalized spacial score (nSPS) is 17.8. The van der Waals surface area contributed by atoms with E-state index in [0.717, 1.165) is 25.0 Å². The van der Waals surface area contributed by atoms with Crippen LogP contribution in [0.15, 0.2) is 30.6 Å². The van der Waals surface area contributed by atoms with E-state index in [1.54, 1.807) is 18.5 Å². The van der Waals surface area contributed by atoms with Gasteiger partial charge in [0.15, 0.2) is 5.82 Å². The standard InChI is InChI=1S/C18H22N4O2/c1-13-6-7-15(17-19-9-4-10-20-17)16(21-13)18(24)22-11-3-2-5-14(22)8-12-23/h4,6-7,9-10,14,23H,2-3,5,8,11-12H2,1H3. The molecule has 1 saturated heterocycles. The van der Waals surface area contributed by atoms with Gasteiger partial charge in [-0.3, -0.25) is 4.79 Å². The van der Waals surface area contributed by atoms with Gasteiger partial charge in [-0.2, -0.15) is 0 Å². The van der Waals surface area contributed by atoms with Crippen LogP contribution in [0.5, 0.6) is 0 Å². The highest BCUT2D eigenvalue weighted by Gasteiger charge is 2.29. The maximum absolute atomic E-state index is 13.2. The smallest absolute Gasteiger partial charge is 0.273 e. The molecule has 1 N–H and O–H groups in total. The number of nitrogens with zero attached hydrogens (tertiary/aromatic N) is 4. The van der Waals surface area contributed by atoms with Crippen LogP contribution in [0.2, 0.25) is 0 Å². The summed E-state index contributed by atoms with van der Waals surface area (Å²) in [6, 6.07) is 5.54. The van der Waals surface area contributed by atoms with Crippen LogP contribution in [0.25, 0.3) is 11.4 Å². The van der Waals surface area contributed by atoms with Crippen LogP contribution in [0.1, 0.15) is 41.9 Å². The highest BCUT2D eigenvalue weighted by atomic mass is 16.3. The summed E-state index contributed by atoms with van der Waals surface area (Å²) in [5.74, 6) is 0.406. The Labute approximate surface area is 141 Å². The molecule has 1 aliphatic heterocycles. The van der Waals surface area contributed by atoms with E-state index >= 15 is 0 Å². The van der Waals surface area contributed by atoms with Gasteiger partial charge in [0.25, 0.3) is 5.91 Å². The highest BCUT2D eigenvalue weighted by molar-refractivity contribution is 5.98. The van der Waals surface area contributed by atoms with Crippen molar-refractivity contribution < 1.29 is 9.90 Å². The SMILES string of the molecule is Cc1ccc(-c2ncccn2)c(C(=O)N2CCCCC2CCO)n1. The minimum absolute atomic E-state index is 0.0723. The third kappa shape index (κ3) is 3.43. The Morgan fingerprint density at radius 1 is 1.29 bits per heavy atom. The fourth-order valence-electron chi connectivity index (χ4n) is 3.19. The quantitative estimate of drug-likeness (QED) is 0.932. The van der Waals surface area contributed by atoms with Crippen LogP contribution in [-0.2, 0) is 0 Å². The summed E-state index contributed by atoms with van der Waals surface area (Å²) < 4.78 is 0. The first-order valence-electron chi connectivity index (χ1n) is 8.37. The number of likely N-dealkylation sites (tertiary alicyclic amines) is 1. The molecule has 24 heavy (non-hydrogen) atoms. The first-order valence-corrected chi connectivity index (χ1v) is 8.37. The second-order valence-corrected chi connectivity index (χ2v) is 6.08. The topological polar surface area (TPSA) is 79.2 Å². The highest BCUT2D eigenvalue weighted by Crippen LogP contribution is 2.25. The molecular weight excluding hydrogens is 304 g/mol. The number of rotatable bonds is 4. The van der Waals surface area contributed by atoms with Gasteiger partial charge in [-0.05, 0) is 50.8 Å². The van der Waals surface area contributed by atoms with Crippen molar-refractivity contribution in [1.29, 1.82) is 0 Å². The van der Waals surface area contributed by atoms with Gasteiger partial charge >= 0.3 is 0 Å². The predicted octanol–water partition coefficient (Wildman–Crippen LogP) is 2.22.